The Bertz CT molecular complexity index is 237. The third-order valence-corrected chi connectivity index (χ3v) is 2.25. The number of hydrogen-bond donors (Lipinski definition) is 2. The van der Waals surface area contributed by atoms with Crippen molar-refractivity contribution in [2.75, 3.05) is 6.61 Å². The van der Waals surface area contributed by atoms with Gasteiger partial charge >= 0.3 is 0 Å². The molecule has 1 aromatic heterocycles. The van der Waals surface area contributed by atoms with E-state index in [1.165, 1.54) is 24.1 Å². The predicted molar refractivity (Wildman–Crippen MR) is 43.6 cm³/mol. The lowest BCUT2D eigenvalue weighted by molar-refractivity contribution is 0.298. The van der Waals surface area contributed by atoms with Gasteiger partial charge in [0.15, 0.2) is 0 Å². The minimum atomic E-state index is 0.250. The first-order valence-electron chi connectivity index (χ1n) is 4.19. The van der Waals surface area contributed by atoms with Gasteiger partial charge in [0.05, 0.1) is 0 Å². The number of aromatic amines is 1. The molecule has 1 fully saturated rings. The number of aliphatic hydroxyl groups is 1. The Kier molecular flexibility index (Phi) is 1.70. The molecule has 2 heteroatoms. The summed E-state index contributed by atoms with van der Waals surface area (Å²) in [6.45, 7) is 0.250. The number of aromatic nitrogens is 1. The van der Waals surface area contributed by atoms with E-state index in [9.17, 15) is 0 Å². The molecule has 1 aromatic rings. The first-order valence-corrected chi connectivity index (χ1v) is 4.19. The highest BCUT2D eigenvalue weighted by Crippen LogP contribution is 2.41. The van der Waals surface area contributed by atoms with E-state index in [1.54, 1.807) is 0 Å². The first kappa shape index (κ1) is 6.92. The fourth-order valence-corrected chi connectivity index (χ4v) is 1.52. The molecule has 0 radical (unpaired) electrons. The van der Waals surface area contributed by atoms with Crippen molar-refractivity contribution in [1.29, 1.82) is 0 Å². The van der Waals surface area contributed by atoms with Gasteiger partial charge in [0.25, 0.3) is 0 Å². The van der Waals surface area contributed by atoms with Gasteiger partial charge < -0.3 is 10.1 Å². The molecule has 0 aliphatic heterocycles. The number of nitrogens with one attached hydrogen (secondary N) is 1. The molecule has 0 saturated heterocycles. The summed E-state index contributed by atoms with van der Waals surface area (Å²) >= 11 is 0. The van der Waals surface area contributed by atoms with Gasteiger partial charge in [-0.25, -0.2) is 0 Å². The summed E-state index contributed by atoms with van der Waals surface area (Å²) in [6, 6.07) is 2.14. The molecule has 60 valence electrons. The topological polar surface area (TPSA) is 36.0 Å². The normalized spacial score (nSPS) is 17.2. The van der Waals surface area contributed by atoms with Crippen LogP contribution in [0.4, 0.5) is 0 Å². The molecule has 0 atom stereocenters. The maximum atomic E-state index is 8.74. The zero-order valence-corrected chi connectivity index (χ0v) is 6.51. The lowest BCUT2D eigenvalue weighted by Crippen LogP contribution is -1.94. The van der Waals surface area contributed by atoms with Crippen LogP contribution in [-0.4, -0.2) is 16.7 Å². The fourth-order valence-electron chi connectivity index (χ4n) is 1.52. The zero-order valence-electron chi connectivity index (χ0n) is 6.51. The van der Waals surface area contributed by atoms with Gasteiger partial charge in [-0.3, -0.25) is 0 Å². The van der Waals surface area contributed by atoms with Gasteiger partial charge in [0.1, 0.15) is 0 Å². The van der Waals surface area contributed by atoms with Crippen molar-refractivity contribution >= 4 is 0 Å². The van der Waals surface area contributed by atoms with E-state index in [0.717, 1.165) is 12.3 Å². The first-order chi connectivity index (χ1) is 5.42. The average Bonchev–Trinajstić information content (AvgIpc) is 2.75. The number of aliphatic hydroxyl groups excluding tert-OH is 1. The van der Waals surface area contributed by atoms with Gasteiger partial charge in [-0.15, -0.1) is 0 Å². The lowest BCUT2D eigenvalue weighted by Gasteiger charge is -1.98. The molecule has 0 bridgehead atoms. The number of H-pyrrole nitrogens is 1. The zero-order chi connectivity index (χ0) is 7.68. The van der Waals surface area contributed by atoms with E-state index in [4.69, 9.17) is 5.11 Å². The summed E-state index contributed by atoms with van der Waals surface area (Å²) in [5.41, 5.74) is 2.66. The monoisotopic (exact) mass is 151 g/mol. The van der Waals surface area contributed by atoms with Gasteiger partial charge in [-0.1, -0.05) is 0 Å². The van der Waals surface area contributed by atoms with Crippen LogP contribution >= 0.6 is 0 Å². The van der Waals surface area contributed by atoms with Crippen LogP contribution in [0.15, 0.2) is 12.3 Å². The summed E-state index contributed by atoms with van der Waals surface area (Å²) in [5, 5.41) is 8.74. The quantitative estimate of drug-likeness (QED) is 0.673. The molecule has 0 spiro atoms. The Morgan fingerprint density at radius 3 is 3.00 bits per heavy atom. The second kappa shape index (κ2) is 2.70. The van der Waals surface area contributed by atoms with Crippen molar-refractivity contribution in [1.82, 2.24) is 4.98 Å². The maximum absolute atomic E-state index is 8.74. The highest BCUT2D eigenvalue weighted by molar-refractivity contribution is 5.28. The summed E-state index contributed by atoms with van der Waals surface area (Å²) in [4.78, 5) is 3.17. The van der Waals surface area contributed by atoms with E-state index >= 15 is 0 Å². The molecule has 0 aromatic carbocycles. The molecule has 1 aliphatic carbocycles. The second-order valence-electron chi connectivity index (χ2n) is 3.16. The number of hydrogen-bond acceptors (Lipinski definition) is 1. The Hall–Kier alpha value is -0.760. The van der Waals surface area contributed by atoms with Crippen molar-refractivity contribution in [2.24, 2.45) is 0 Å². The molecular formula is C9H13NO. The highest BCUT2D eigenvalue weighted by atomic mass is 16.3. The van der Waals surface area contributed by atoms with E-state index in [2.05, 4.69) is 11.1 Å². The molecule has 1 saturated carbocycles. The van der Waals surface area contributed by atoms with E-state index < -0.39 is 0 Å². The standard InChI is InChI=1S/C9H13NO/c11-6-4-9-8(3-5-10-9)7-1-2-7/h3,5,7,10-11H,1-2,4,6H2. The molecule has 1 heterocycles. The Morgan fingerprint density at radius 1 is 1.55 bits per heavy atom. The van der Waals surface area contributed by atoms with Gasteiger partial charge in [-0.05, 0) is 30.4 Å². The molecule has 0 unspecified atom stereocenters. The van der Waals surface area contributed by atoms with Crippen molar-refractivity contribution in [3.63, 3.8) is 0 Å². The van der Waals surface area contributed by atoms with Crippen LogP contribution in [0.25, 0.3) is 0 Å². The molecule has 2 rings (SSSR count). The SMILES string of the molecule is OCCc1[nH]ccc1C1CC1. The maximum Gasteiger partial charge on any atom is 0.0485 e. The van der Waals surface area contributed by atoms with Gasteiger partial charge in [-0.2, -0.15) is 0 Å². The van der Waals surface area contributed by atoms with Crippen molar-refractivity contribution in [3.05, 3.63) is 23.5 Å². The van der Waals surface area contributed by atoms with Crippen LogP contribution in [0.1, 0.15) is 30.0 Å². The van der Waals surface area contributed by atoms with Crippen molar-refractivity contribution in [3.8, 4) is 0 Å². The van der Waals surface area contributed by atoms with Crippen molar-refractivity contribution < 1.29 is 5.11 Å². The highest BCUT2D eigenvalue weighted by Gasteiger charge is 2.25. The molecule has 2 nitrogen and oxygen atoms in total. The van der Waals surface area contributed by atoms with Gasteiger partial charge in [0, 0.05) is 24.9 Å². The predicted octanol–water partition coefficient (Wildman–Crippen LogP) is 1.43. The van der Waals surface area contributed by atoms with Crippen LogP contribution in [0.5, 0.6) is 0 Å². The van der Waals surface area contributed by atoms with Crippen LogP contribution < -0.4 is 0 Å². The third-order valence-electron chi connectivity index (χ3n) is 2.25. The molecule has 1 aliphatic rings. The van der Waals surface area contributed by atoms with Crippen molar-refractivity contribution in [2.45, 2.75) is 25.2 Å². The van der Waals surface area contributed by atoms with E-state index in [1.807, 2.05) is 6.20 Å². The van der Waals surface area contributed by atoms with Crippen LogP contribution in [0.3, 0.4) is 0 Å². The minimum Gasteiger partial charge on any atom is -0.396 e. The summed E-state index contributed by atoms with van der Waals surface area (Å²) < 4.78 is 0. The van der Waals surface area contributed by atoms with E-state index in [-0.39, 0.29) is 6.61 Å². The lowest BCUT2D eigenvalue weighted by atomic mass is 10.1. The smallest absolute Gasteiger partial charge is 0.0485 e. The molecule has 2 N–H and O–H groups in total. The third kappa shape index (κ3) is 1.31. The summed E-state index contributed by atoms with van der Waals surface area (Å²) in [5.74, 6) is 0.794. The van der Waals surface area contributed by atoms with Crippen LogP contribution in [0, 0.1) is 0 Å². The molecule has 0 amide bonds. The second-order valence-corrected chi connectivity index (χ2v) is 3.16. The molecule has 11 heavy (non-hydrogen) atoms. The Morgan fingerprint density at radius 2 is 2.36 bits per heavy atom. The summed E-state index contributed by atoms with van der Waals surface area (Å²) in [6.07, 6.45) is 5.41. The molecular weight excluding hydrogens is 138 g/mol. The number of rotatable bonds is 3. The fraction of sp³-hybridized carbons (Fsp3) is 0.556. The van der Waals surface area contributed by atoms with Gasteiger partial charge in [0.2, 0.25) is 0 Å². The Balaban J connectivity index is 2.16. The minimum absolute atomic E-state index is 0.250. The Labute approximate surface area is 66.3 Å². The van der Waals surface area contributed by atoms with Crippen LogP contribution in [-0.2, 0) is 6.42 Å². The summed E-state index contributed by atoms with van der Waals surface area (Å²) in [7, 11) is 0. The van der Waals surface area contributed by atoms with Crippen LogP contribution in [0.2, 0.25) is 0 Å². The van der Waals surface area contributed by atoms with E-state index in [0.29, 0.717) is 0 Å². The largest absolute Gasteiger partial charge is 0.396 e. The average molecular weight is 151 g/mol.